The van der Waals surface area contributed by atoms with Crippen LogP contribution in [-0.2, 0) is 13.1 Å². The molecular formula is C17H21N7O. The highest BCUT2D eigenvalue weighted by Gasteiger charge is 2.22. The third-order valence-corrected chi connectivity index (χ3v) is 4.41. The van der Waals surface area contributed by atoms with Crippen LogP contribution in [0.15, 0.2) is 40.9 Å². The molecule has 1 aliphatic rings. The van der Waals surface area contributed by atoms with Gasteiger partial charge in [0.05, 0.1) is 12.2 Å². The van der Waals surface area contributed by atoms with E-state index < -0.39 is 0 Å². The lowest BCUT2D eigenvalue weighted by Gasteiger charge is -2.34. The number of anilines is 1. The van der Waals surface area contributed by atoms with Gasteiger partial charge < -0.3 is 9.42 Å². The molecule has 0 atom stereocenters. The molecule has 1 aliphatic heterocycles. The summed E-state index contributed by atoms with van der Waals surface area (Å²) < 4.78 is 7.01. The van der Waals surface area contributed by atoms with Crippen LogP contribution in [0.3, 0.4) is 0 Å². The Bertz CT molecular complexity index is 805. The molecule has 0 spiro atoms. The molecule has 0 radical (unpaired) electrons. The zero-order valence-electron chi connectivity index (χ0n) is 14.2. The summed E-state index contributed by atoms with van der Waals surface area (Å²) in [5.74, 6) is 1.69. The van der Waals surface area contributed by atoms with Gasteiger partial charge >= 0.3 is 0 Å². The summed E-state index contributed by atoms with van der Waals surface area (Å²) in [6.45, 7) is 7.11. The smallest absolute Gasteiger partial charge is 0.245 e. The fraction of sp³-hybridized carbons (Fsp3) is 0.412. The SMILES string of the molecule is Cc1cc(CN2CCN(c3nnnn3Cc3ccccc3)CC2)no1. The first-order valence-electron chi connectivity index (χ1n) is 8.47. The van der Waals surface area contributed by atoms with Crippen LogP contribution < -0.4 is 4.90 Å². The van der Waals surface area contributed by atoms with Crippen LogP contribution in [0.2, 0.25) is 0 Å². The maximum absolute atomic E-state index is 5.14. The first-order chi connectivity index (χ1) is 12.3. The number of aryl methyl sites for hydroxylation is 1. The second-order valence-electron chi connectivity index (χ2n) is 6.31. The Labute approximate surface area is 146 Å². The average Bonchev–Trinajstić information content (AvgIpc) is 3.26. The van der Waals surface area contributed by atoms with Gasteiger partial charge in [-0.05, 0) is 22.9 Å². The minimum atomic E-state index is 0.682. The number of rotatable bonds is 5. The topological polar surface area (TPSA) is 76.1 Å². The van der Waals surface area contributed by atoms with E-state index in [-0.39, 0.29) is 0 Å². The van der Waals surface area contributed by atoms with E-state index in [0.29, 0.717) is 6.54 Å². The average molecular weight is 339 g/mol. The number of tetrazole rings is 1. The maximum atomic E-state index is 5.14. The molecule has 130 valence electrons. The Balaban J connectivity index is 1.37. The second-order valence-corrected chi connectivity index (χ2v) is 6.31. The molecular weight excluding hydrogens is 318 g/mol. The van der Waals surface area contributed by atoms with E-state index in [9.17, 15) is 0 Å². The molecule has 1 saturated heterocycles. The molecule has 0 aliphatic carbocycles. The van der Waals surface area contributed by atoms with Crippen molar-refractivity contribution in [2.75, 3.05) is 31.1 Å². The van der Waals surface area contributed by atoms with Crippen molar-refractivity contribution in [2.24, 2.45) is 0 Å². The highest BCUT2D eigenvalue weighted by Crippen LogP contribution is 2.15. The molecule has 25 heavy (non-hydrogen) atoms. The van der Waals surface area contributed by atoms with E-state index in [1.54, 1.807) is 0 Å². The fourth-order valence-corrected chi connectivity index (χ4v) is 3.11. The van der Waals surface area contributed by atoms with Crippen molar-refractivity contribution < 1.29 is 4.52 Å². The zero-order chi connectivity index (χ0) is 17.1. The summed E-state index contributed by atoms with van der Waals surface area (Å²) in [6.07, 6.45) is 0. The number of hydrogen-bond acceptors (Lipinski definition) is 7. The fourth-order valence-electron chi connectivity index (χ4n) is 3.11. The van der Waals surface area contributed by atoms with Crippen LogP contribution in [0.4, 0.5) is 5.95 Å². The molecule has 0 N–H and O–H groups in total. The Hall–Kier alpha value is -2.74. The van der Waals surface area contributed by atoms with Crippen molar-refractivity contribution >= 4 is 5.95 Å². The molecule has 2 aromatic heterocycles. The van der Waals surface area contributed by atoms with Gasteiger partial charge in [0.1, 0.15) is 5.76 Å². The monoisotopic (exact) mass is 339 g/mol. The normalized spacial score (nSPS) is 15.6. The zero-order valence-corrected chi connectivity index (χ0v) is 14.2. The summed E-state index contributed by atoms with van der Waals surface area (Å²) in [6, 6.07) is 12.2. The molecule has 8 nitrogen and oxygen atoms in total. The van der Waals surface area contributed by atoms with Crippen molar-refractivity contribution in [1.82, 2.24) is 30.3 Å². The summed E-state index contributed by atoms with van der Waals surface area (Å²) in [5.41, 5.74) is 2.18. The Morgan fingerprint density at radius 2 is 1.84 bits per heavy atom. The quantitative estimate of drug-likeness (QED) is 0.694. The van der Waals surface area contributed by atoms with Crippen LogP contribution in [0.1, 0.15) is 17.0 Å². The molecule has 0 amide bonds. The number of nitrogens with zero attached hydrogens (tertiary/aromatic N) is 7. The number of hydrogen-bond donors (Lipinski definition) is 0. The van der Waals surface area contributed by atoms with Gasteiger partial charge in [-0.3, -0.25) is 4.90 Å². The van der Waals surface area contributed by atoms with Crippen LogP contribution in [0, 0.1) is 6.92 Å². The molecule has 3 heterocycles. The van der Waals surface area contributed by atoms with Crippen LogP contribution in [-0.4, -0.2) is 56.4 Å². The van der Waals surface area contributed by atoms with E-state index in [4.69, 9.17) is 4.52 Å². The number of piperazine rings is 1. The molecule has 1 aromatic carbocycles. The van der Waals surface area contributed by atoms with Gasteiger partial charge in [-0.1, -0.05) is 40.6 Å². The molecule has 1 fully saturated rings. The van der Waals surface area contributed by atoms with Gasteiger partial charge in [0.2, 0.25) is 5.95 Å². The standard InChI is InChI=1S/C17H21N7O/c1-14-11-16(19-25-14)13-22-7-9-23(10-8-22)17-18-20-21-24(17)12-15-5-3-2-4-6-15/h2-6,11H,7-10,12-13H2,1H3. The van der Waals surface area contributed by atoms with Crippen molar-refractivity contribution in [2.45, 2.75) is 20.0 Å². The van der Waals surface area contributed by atoms with Gasteiger partial charge in [0, 0.05) is 38.8 Å². The van der Waals surface area contributed by atoms with E-state index in [0.717, 1.165) is 50.1 Å². The largest absolute Gasteiger partial charge is 0.361 e. The first-order valence-corrected chi connectivity index (χ1v) is 8.47. The van der Waals surface area contributed by atoms with E-state index >= 15 is 0 Å². The van der Waals surface area contributed by atoms with E-state index in [2.05, 4.69) is 42.6 Å². The lowest BCUT2D eigenvalue weighted by Crippen LogP contribution is -2.47. The number of benzene rings is 1. The predicted molar refractivity (Wildman–Crippen MR) is 92.1 cm³/mol. The van der Waals surface area contributed by atoms with Crippen LogP contribution in [0.5, 0.6) is 0 Å². The molecule has 8 heteroatoms. The van der Waals surface area contributed by atoms with Crippen molar-refractivity contribution in [1.29, 1.82) is 0 Å². The molecule has 0 unspecified atom stereocenters. The summed E-state index contributed by atoms with van der Waals surface area (Å²) in [4.78, 5) is 4.62. The van der Waals surface area contributed by atoms with Gasteiger partial charge in [-0.2, -0.15) is 0 Å². The van der Waals surface area contributed by atoms with E-state index in [1.807, 2.05) is 35.9 Å². The first kappa shape index (κ1) is 15.8. The Morgan fingerprint density at radius 1 is 1.04 bits per heavy atom. The van der Waals surface area contributed by atoms with Gasteiger partial charge in [0.15, 0.2) is 0 Å². The van der Waals surface area contributed by atoms with Crippen LogP contribution in [0.25, 0.3) is 0 Å². The minimum Gasteiger partial charge on any atom is -0.361 e. The lowest BCUT2D eigenvalue weighted by molar-refractivity contribution is 0.240. The third kappa shape index (κ3) is 3.69. The molecule has 4 rings (SSSR count). The minimum absolute atomic E-state index is 0.682. The third-order valence-electron chi connectivity index (χ3n) is 4.41. The van der Waals surface area contributed by atoms with Crippen molar-refractivity contribution in [3.05, 3.63) is 53.4 Å². The lowest BCUT2D eigenvalue weighted by atomic mass is 10.2. The molecule has 0 saturated carbocycles. The molecule has 3 aromatic rings. The Kier molecular flexibility index (Phi) is 4.43. The summed E-state index contributed by atoms with van der Waals surface area (Å²) in [5, 5.41) is 16.3. The maximum Gasteiger partial charge on any atom is 0.245 e. The highest BCUT2D eigenvalue weighted by atomic mass is 16.5. The summed E-state index contributed by atoms with van der Waals surface area (Å²) >= 11 is 0. The van der Waals surface area contributed by atoms with Gasteiger partial charge in [-0.25, -0.2) is 4.68 Å². The van der Waals surface area contributed by atoms with E-state index in [1.165, 1.54) is 5.56 Å². The van der Waals surface area contributed by atoms with Crippen molar-refractivity contribution in [3.8, 4) is 0 Å². The van der Waals surface area contributed by atoms with Crippen molar-refractivity contribution in [3.63, 3.8) is 0 Å². The van der Waals surface area contributed by atoms with Gasteiger partial charge in [0.25, 0.3) is 0 Å². The number of aromatic nitrogens is 5. The highest BCUT2D eigenvalue weighted by molar-refractivity contribution is 5.30. The summed E-state index contributed by atoms with van der Waals surface area (Å²) in [7, 11) is 0. The molecule has 0 bridgehead atoms. The Morgan fingerprint density at radius 3 is 2.56 bits per heavy atom. The predicted octanol–water partition coefficient (Wildman–Crippen LogP) is 1.34. The van der Waals surface area contributed by atoms with Crippen LogP contribution >= 0.6 is 0 Å². The van der Waals surface area contributed by atoms with Gasteiger partial charge in [-0.15, -0.1) is 0 Å². The second kappa shape index (κ2) is 7.02.